The van der Waals surface area contributed by atoms with E-state index in [0.29, 0.717) is 11.2 Å². The van der Waals surface area contributed by atoms with Gasteiger partial charge in [-0.15, -0.1) is 0 Å². The van der Waals surface area contributed by atoms with E-state index in [1.807, 2.05) is 78.9 Å². The summed E-state index contributed by atoms with van der Waals surface area (Å²) < 4.78 is 28.0. The summed E-state index contributed by atoms with van der Waals surface area (Å²) in [7, 11) is -3.69. The van der Waals surface area contributed by atoms with E-state index in [-0.39, 0.29) is 4.90 Å². The van der Waals surface area contributed by atoms with E-state index in [4.69, 9.17) is 0 Å². The number of benzene rings is 3. The minimum absolute atomic E-state index is 0.274. The average Bonchev–Trinajstić information content (AvgIpc) is 3.07. The number of nitrogens with zero attached hydrogens (tertiary/aromatic N) is 1. The molecule has 1 heterocycles. The Morgan fingerprint density at radius 2 is 1.31 bits per heavy atom. The third-order valence-electron chi connectivity index (χ3n) is 4.22. The van der Waals surface area contributed by atoms with Gasteiger partial charge in [0.15, 0.2) is 0 Å². The van der Waals surface area contributed by atoms with Crippen molar-refractivity contribution in [2.75, 3.05) is 0 Å². The van der Waals surface area contributed by atoms with E-state index in [1.165, 1.54) is 3.97 Å². The van der Waals surface area contributed by atoms with Crippen LogP contribution in [0.4, 0.5) is 0 Å². The van der Waals surface area contributed by atoms with Crippen LogP contribution >= 0.6 is 0 Å². The van der Waals surface area contributed by atoms with Gasteiger partial charge in [-0.05, 0) is 35.9 Å². The van der Waals surface area contributed by atoms with Crippen molar-refractivity contribution in [3.05, 3.63) is 102 Å². The first-order chi connectivity index (χ1) is 12.7. The van der Waals surface area contributed by atoms with Crippen LogP contribution in [0, 0.1) is 0 Å². The molecule has 4 aromatic rings. The zero-order valence-electron chi connectivity index (χ0n) is 14.0. The van der Waals surface area contributed by atoms with Gasteiger partial charge in [-0.3, -0.25) is 0 Å². The second-order valence-corrected chi connectivity index (χ2v) is 7.74. The lowest BCUT2D eigenvalue weighted by atomic mass is 10.2. The number of aromatic nitrogens is 1. The van der Waals surface area contributed by atoms with Gasteiger partial charge in [0, 0.05) is 5.39 Å². The molecule has 26 heavy (non-hydrogen) atoms. The lowest BCUT2D eigenvalue weighted by Gasteiger charge is -2.10. The van der Waals surface area contributed by atoms with Crippen LogP contribution in [-0.2, 0) is 10.0 Å². The van der Waals surface area contributed by atoms with Crippen LogP contribution in [0.15, 0.2) is 95.9 Å². The Bertz CT molecular complexity index is 1170. The molecule has 0 atom stereocenters. The number of fused-ring (bicyclic) bond motifs is 1. The van der Waals surface area contributed by atoms with Crippen LogP contribution in [0.1, 0.15) is 11.3 Å². The van der Waals surface area contributed by atoms with Crippen molar-refractivity contribution in [2.45, 2.75) is 4.90 Å². The molecule has 0 saturated carbocycles. The molecule has 4 rings (SSSR count). The molecule has 128 valence electrons. The topological polar surface area (TPSA) is 39.1 Å². The zero-order chi connectivity index (χ0) is 18.0. The molecule has 0 aliphatic heterocycles. The molecule has 0 saturated heterocycles. The molecule has 0 spiro atoms. The van der Waals surface area contributed by atoms with E-state index in [1.54, 1.807) is 24.3 Å². The molecular weight excluding hydrogens is 342 g/mol. The van der Waals surface area contributed by atoms with Gasteiger partial charge in [0.05, 0.1) is 16.1 Å². The highest BCUT2D eigenvalue weighted by Crippen LogP contribution is 2.27. The fraction of sp³-hybridized carbons (Fsp3) is 0. The van der Waals surface area contributed by atoms with Gasteiger partial charge < -0.3 is 0 Å². The first-order valence-electron chi connectivity index (χ1n) is 8.30. The van der Waals surface area contributed by atoms with Crippen molar-refractivity contribution in [2.24, 2.45) is 0 Å². The molecule has 0 aliphatic carbocycles. The highest BCUT2D eigenvalue weighted by Gasteiger charge is 2.21. The Hall–Kier alpha value is -3.11. The number of rotatable bonds is 4. The second kappa shape index (κ2) is 6.65. The molecule has 0 radical (unpaired) electrons. The Morgan fingerprint density at radius 1 is 0.692 bits per heavy atom. The molecule has 0 aliphatic rings. The maximum absolute atomic E-state index is 13.3. The Morgan fingerprint density at radius 3 is 2.04 bits per heavy atom. The Labute approximate surface area is 152 Å². The summed E-state index contributed by atoms with van der Waals surface area (Å²) in [6.07, 6.45) is 3.76. The Balaban J connectivity index is 1.92. The van der Waals surface area contributed by atoms with E-state index in [0.717, 1.165) is 10.9 Å². The molecule has 0 amide bonds. The molecular formula is C22H17NO2S. The maximum atomic E-state index is 13.3. The second-order valence-electron chi connectivity index (χ2n) is 5.95. The predicted molar refractivity (Wildman–Crippen MR) is 106 cm³/mol. The van der Waals surface area contributed by atoms with Crippen LogP contribution in [0.25, 0.3) is 23.1 Å². The first kappa shape index (κ1) is 16.4. The molecule has 0 bridgehead atoms. The SMILES string of the molecule is O=S(=O)(c1ccccc1)n1c(/C=C/c2ccccc2)cc2ccccc21. The van der Waals surface area contributed by atoms with Crippen molar-refractivity contribution in [3.8, 4) is 0 Å². The fourth-order valence-corrected chi connectivity index (χ4v) is 4.51. The first-order valence-corrected chi connectivity index (χ1v) is 9.74. The van der Waals surface area contributed by atoms with Gasteiger partial charge >= 0.3 is 0 Å². The number of hydrogen-bond acceptors (Lipinski definition) is 2. The zero-order valence-corrected chi connectivity index (χ0v) is 14.8. The van der Waals surface area contributed by atoms with Gasteiger partial charge in [-0.2, -0.15) is 0 Å². The molecule has 3 nitrogen and oxygen atoms in total. The van der Waals surface area contributed by atoms with Crippen LogP contribution < -0.4 is 0 Å². The molecule has 0 N–H and O–H groups in total. The summed E-state index contributed by atoms with van der Waals surface area (Å²) in [6.45, 7) is 0. The summed E-state index contributed by atoms with van der Waals surface area (Å²) in [5, 5.41) is 0.889. The van der Waals surface area contributed by atoms with Crippen molar-refractivity contribution < 1.29 is 8.42 Å². The van der Waals surface area contributed by atoms with Crippen LogP contribution in [0.3, 0.4) is 0 Å². The van der Waals surface area contributed by atoms with Crippen molar-refractivity contribution in [3.63, 3.8) is 0 Å². The van der Waals surface area contributed by atoms with E-state index < -0.39 is 10.0 Å². The summed E-state index contributed by atoms with van der Waals surface area (Å²) in [6, 6.07) is 27.8. The predicted octanol–water partition coefficient (Wildman–Crippen LogP) is 5.05. The highest BCUT2D eigenvalue weighted by molar-refractivity contribution is 7.90. The Kier molecular flexibility index (Phi) is 4.19. The minimum atomic E-state index is -3.69. The number of hydrogen-bond donors (Lipinski definition) is 0. The molecule has 4 heteroatoms. The lowest BCUT2D eigenvalue weighted by Crippen LogP contribution is -2.14. The summed E-state index contributed by atoms with van der Waals surface area (Å²) in [4.78, 5) is 0.274. The van der Waals surface area contributed by atoms with Gasteiger partial charge in [0.1, 0.15) is 0 Å². The highest BCUT2D eigenvalue weighted by atomic mass is 32.2. The van der Waals surface area contributed by atoms with Gasteiger partial charge in [-0.25, -0.2) is 12.4 Å². The van der Waals surface area contributed by atoms with Crippen molar-refractivity contribution in [1.82, 2.24) is 3.97 Å². The molecule has 0 fully saturated rings. The fourth-order valence-electron chi connectivity index (χ4n) is 2.98. The molecule has 3 aromatic carbocycles. The number of para-hydroxylation sites is 1. The summed E-state index contributed by atoms with van der Waals surface area (Å²) in [5.41, 5.74) is 2.31. The van der Waals surface area contributed by atoms with Crippen molar-refractivity contribution in [1.29, 1.82) is 0 Å². The van der Waals surface area contributed by atoms with E-state index in [9.17, 15) is 8.42 Å². The molecule has 1 aromatic heterocycles. The third kappa shape index (κ3) is 2.95. The normalized spacial score (nSPS) is 12.0. The average molecular weight is 359 g/mol. The van der Waals surface area contributed by atoms with Crippen LogP contribution in [0.5, 0.6) is 0 Å². The maximum Gasteiger partial charge on any atom is 0.268 e. The largest absolute Gasteiger partial charge is 0.268 e. The lowest BCUT2D eigenvalue weighted by molar-refractivity contribution is 0.589. The van der Waals surface area contributed by atoms with Crippen LogP contribution in [-0.4, -0.2) is 12.4 Å². The standard InChI is InChI=1S/C22H17NO2S/c24-26(25,21-12-5-2-6-13-21)23-20(16-15-18-9-3-1-4-10-18)17-19-11-7-8-14-22(19)23/h1-17H/b16-15+. The minimum Gasteiger partial charge on any atom is -0.234 e. The van der Waals surface area contributed by atoms with Crippen molar-refractivity contribution >= 4 is 33.1 Å². The van der Waals surface area contributed by atoms with Gasteiger partial charge in [0.2, 0.25) is 0 Å². The quantitative estimate of drug-likeness (QED) is 0.511. The van der Waals surface area contributed by atoms with Gasteiger partial charge in [0.25, 0.3) is 10.0 Å². The van der Waals surface area contributed by atoms with Gasteiger partial charge in [-0.1, -0.05) is 72.8 Å². The van der Waals surface area contributed by atoms with E-state index >= 15 is 0 Å². The molecule has 0 unspecified atom stereocenters. The third-order valence-corrected chi connectivity index (χ3v) is 5.98. The monoisotopic (exact) mass is 359 g/mol. The summed E-state index contributed by atoms with van der Waals surface area (Å²) >= 11 is 0. The smallest absolute Gasteiger partial charge is 0.234 e. The van der Waals surface area contributed by atoms with Crippen LogP contribution in [0.2, 0.25) is 0 Å². The summed E-state index contributed by atoms with van der Waals surface area (Å²) in [5.74, 6) is 0. The van der Waals surface area contributed by atoms with E-state index in [2.05, 4.69) is 0 Å².